The molecule has 0 unspecified atom stereocenters. The average molecular weight is 318 g/mol. The number of ether oxygens (including phenoxy) is 2. The highest BCUT2D eigenvalue weighted by atomic mass is 16.7. The van der Waals surface area contributed by atoms with Gasteiger partial charge in [0, 0.05) is 25.5 Å². The highest BCUT2D eigenvalue weighted by Crippen LogP contribution is 2.33. The van der Waals surface area contributed by atoms with Gasteiger partial charge in [0.15, 0.2) is 17.6 Å². The smallest absolute Gasteiger partial charge is 0.231 e. The lowest BCUT2D eigenvalue weighted by Gasteiger charge is -2.20. The zero-order valence-corrected chi connectivity index (χ0v) is 13.7. The van der Waals surface area contributed by atoms with Gasteiger partial charge in [-0.05, 0) is 24.1 Å². The van der Waals surface area contributed by atoms with Crippen molar-refractivity contribution in [1.29, 1.82) is 0 Å². The number of carbonyl (C=O) groups is 1. The maximum atomic E-state index is 12.0. The summed E-state index contributed by atoms with van der Waals surface area (Å²) in [6.07, 6.45) is 1.13. The Kier molecular flexibility index (Phi) is 4.41. The summed E-state index contributed by atoms with van der Waals surface area (Å²) >= 11 is 0. The summed E-state index contributed by atoms with van der Waals surface area (Å²) in [7, 11) is 1.81. The first kappa shape index (κ1) is 15.6. The van der Waals surface area contributed by atoms with Gasteiger partial charge in [-0.1, -0.05) is 19.0 Å². The van der Waals surface area contributed by atoms with Gasteiger partial charge in [-0.3, -0.25) is 4.79 Å². The third kappa shape index (κ3) is 3.57. The van der Waals surface area contributed by atoms with Crippen LogP contribution in [0.2, 0.25) is 0 Å². The molecule has 2 aliphatic heterocycles. The van der Waals surface area contributed by atoms with E-state index >= 15 is 0 Å². The Labute approximate surface area is 136 Å². The lowest BCUT2D eigenvalue weighted by atomic mass is 10.0. The number of amides is 1. The van der Waals surface area contributed by atoms with E-state index in [4.69, 9.17) is 14.3 Å². The van der Waals surface area contributed by atoms with E-state index in [0.717, 1.165) is 22.8 Å². The molecule has 0 saturated heterocycles. The van der Waals surface area contributed by atoms with Crippen molar-refractivity contribution in [1.82, 2.24) is 4.90 Å². The fraction of sp³-hybridized carbons (Fsp3) is 0.529. The largest absolute Gasteiger partial charge is 0.454 e. The minimum absolute atomic E-state index is 0.100. The Balaban J connectivity index is 1.57. The molecule has 0 aromatic heterocycles. The van der Waals surface area contributed by atoms with Crippen LogP contribution < -0.4 is 9.47 Å². The number of benzene rings is 1. The van der Waals surface area contributed by atoms with E-state index in [1.165, 1.54) is 0 Å². The second-order valence-electron chi connectivity index (χ2n) is 6.41. The molecule has 1 aromatic carbocycles. The normalized spacial score (nSPS) is 18.8. The van der Waals surface area contributed by atoms with Crippen LogP contribution in [0, 0.1) is 5.92 Å². The minimum Gasteiger partial charge on any atom is -0.454 e. The van der Waals surface area contributed by atoms with Crippen molar-refractivity contribution in [2.45, 2.75) is 32.8 Å². The number of hydrogen-bond donors (Lipinski definition) is 0. The van der Waals surface area contributed by atoms with Gasteiger partial charge in [-0.15, -0.1) is 0 Å². The number of oxime groups is 1. The molecule has 0 N–H and O–H groups in total. The van der Waals surface area contributed by atoms with Crippen molar-refractivity contribution in [3.8, 4) is 11.5 Å². The summed E-state index contributed by atoms with van der Waals surface area (Å²) in [5.41, 5.74) is 1.84. The molecule has 0 aliphatic carbocycles. The fourth-order valence-electron chi connectivity index (χ4n) is 2.69. The Morgan fingerprint density at radius 3 is 2.91 bits per heavy atom. The SMILES string of the molecule is CC(C)CC(=O)N(C)C[C@H]1CC(c2ccc3c(c2)OCO3)=NO1. The summed E-state index contributed by atoms with van der Waals surface area (Å²) < 4.78 is 10.7. The lowest BCUT2D eigenvalue weighted by Crippen LogP contribution is -2.35. The Hall–Kier alpha value is -2.24. The third-order valence-electron chi connectivity index (χ3n) is 3.92. The Morgan fingerprint density at radius 1 is 1.35 bits per heavy atom. The first-order chi connectivity index (χ1) is 11.0. The molecule has 3 rings (SSSR count). The highest BCUT2D eigenvalue weighted by Gasteiger charge is 2.26. The van der Waals surface area contributed by atoms with Gasteiger partial charge in [-0.25, -0.2) is 0 Å². The van der Waals surface area contributed by atoms with Crippen molar-refractivity contribution in [3.63, 3.8) is 0 Å². The summed E-state index contributed by atoms with van der Waals surface area (Å²) in [6.45, 7) is 4.88. The molecule has 0 spiro atoms. The number of rotatable bonds is 5. The van der Waals surface area contributed by atoms with Gasteiger partial charge in [0.05, 0.1) is 12.3 Å². The molecule has 1 aromatic rings. The van der Waals surface area contributed by atoms with Crippen LogP contribution in [0.3, 0.4) is 0 Å². The maximum Gasteiger partial charge on any atom is 0.231 e. The van der Waals surface area contributed by atoms with Gasteiger partial charge < -0.3 is 19.2 Å². The van der Waals surface area contributed by atoms with Crippen LogP contribution in [0.1, 0.15) is 32.3 Å². The molecular formula is C17H22N2O4. The number of fused-ring (bicyclic) bond motifs is 1. The summed E-state index contributed by atoms with van der Waals surface area (Å²) in [5, 5.41) is 4.17. The predicted octanol–water partition coefficient (Wildman–Crippen LogP) is 2.41. The molecule has 6 nitrogen and oxygen atoms in total. The number of carbonyl (C=O) groups excluding carboxylic acids is 1. The van der Waals surface area contributed by atoms with E-state index in [2.05, 4.69) is 5.16 Å². The minimum atomic E-state index is -0.100. The van der Waals surface area contributed by atoms with Gasteiger partial charge >= 0.3 is 0 Å². The molecule has 124 valence electrons. The zero-order chi connectivity index (χ0) is 16.4. The van der Waals surface area contributed by atoms with Gasteiger partial charge in [0.2, 0.25) is 12.7 Å². The second kappa shape index (κ2) is 6.48. The second-order valence-corrected chi connectivity index (χ2v) is 6.41. The van der Waals surface area contributed by atoms with E-state index in [9.17, 15) is 4.79 Å². The van der Waals surface area contributed by atoms with Crippen LogP contribution in [0.25, 0.3) is 0 Å². The highest BCUT2D eigenvalue weighted by molar-refractivity contribution is 6.01. The van der Waals surface area contributed by atoms with E-state index in [1.54, 1.807) is 4.90 Å². The Bertz CT molecular complexity index is 627. The zero-order valence-electron chi connectivity index (χ0n) is 13.7. The van der Waals surface area contributed by atoms with Crippen LogP contribution in [-0.2, 0) is 9.63 Å². The van der Waals surface area contributed by atoms with Crippen LogP contribution in [0.4, 0.5) is 0 Å². The topological polar surface area (TPSA) is 60.4 Å². The summed E-state index contributed by atoms with van der Waals surface area (Å²) in [6, 6.07) is 5.75. The lowest BCUT2D eigenvalue weighted by molar-refractivity contribution is -0.132. The molecule has 2 aliphatic rings. The summed E-state index contributed by atoms with van der Waals surface area (Å²) in [5.74, 6) is 1.98. The van der Waals surface area contributed by atoms with E-state index < -0.39 is 0 Å². The maximum absolute atomic E-state index is 12.0. The molecular weight excluding hydrogens is 296 g/mol. The average Bonchev–Trinajstić information content (AvgIpc) is 3.14. The molecule has 0 bridgehead atoms. The van der Waals surface area contributed by atoms with Crippen LogP contribution in [0.5, 0.6) is 11.5 Å². The van der Waals surface area contributed by atoms with Crippen molar-refractivity contribution in [3.05, 3.63) is 23.8 Å². The van der Waals surface area contributed by atoms with Crippen LogP contribution in [0.15, 0.2) is 23.4 Å². The number of hydrogen-bond acceptors (Lipinski definition) is 5. The van der Waals surface area contributed by atoms with E-state index in [0.29, 0.717) is 25.3 Å². The van der Waals surface area contributed by atoms with E-state index in [-0.39, 0.29) is 18.8 Å². The first-order valence-electron chi connectivity index (χ1n) is 7.89. The van der Waals surface area contributed by atoms with Crippen molar-refractivity contribution < 1.29 is 19.1 Å². The molecule has 1 amide bonds. The molecule has 6 heteroatoms. The van der Waals surface area contributed by atoms with Crippen LogP contribution in [-0.4, -0.2) is 43.0 Å². The molecule has 0 radical (unpaired) electrons. The van der Waals surface area contributed by atoms with Gasteiger partial charge in [-0.2, -0.15) is 0 Å². The monoisotopic (exact) mass is 318 g/mol. The van der Waals surface area contributed by atoms with Crippen molar-refractivity contribution >= 4 is 11.6 Å². The molecule has 2 heterocycles. The van der Waals surface area contributed by atoms with Gasteiger partial charge in [0.1, 0.15) is 0 Å². The Morgan fingerprint density at radius 2 is 2.13 bits per heavy atom. The summed E-state index contributed by atoms with van der Waals surface area (Å²) in [4.78, 5) is 19.2. The number of likely N-dealkylation sites (N-methyl/N-ethyl adjacent to an activating group) is 1. The molecule has 1 atom stereocenters. The first-order valence-corrected chi connectivity index (χ1v) is 7.89. The molecule has 23 heavy (non-hydrogen) atoms. The van der Waals surface area contributed by atoms with E-state index in [1.807, 2.05) is 39.1 Å². The number of nitrogens with zero attached hydrogens (tertiary/aromatic N) is 2. The molecule has 0 fully saturated rings. The standard InChI is InChI=1S/C17H22N2O4/c1-11(2)6-17(20)19(3)9-13-8-14(18-23-13)12-4-5-15-16(7-12)22-10-21-15/h4-5,7,11,13H,6,8-10H2,1-3H3/t13-/m1/s1. The van der Waals surface area contributed by atoms with Gasteiger partial charge in [0.25, 0.3) is 0 Å². The quantitative estimate of drug-likeness (QED) is 0.836. The third-order valence-corrected chi connectivity index (χ3v) is 3.92. The van der Waals surface area contributed by atoms with Crippen molar-refractivity contribution in [2.24, 2.45) is 11.1 Å². The van der Waals surface area contributed by atoms with Crippen molar-refractivity contribution in [2.75, 3.05) is 20.4 Å². The fourth-order valence-corrected chi connectivity index (χ4v) is 2.69. The van der Waals surface area contributed by atoms with Crippen LogP contribution >= 0.6 is 0 Å². The molecule has 0 saturated carbocycles. The predicted molar refractivity (Wildman–Crippen MR) is 85.7 cm³/mol.